The molecule has 2 aromatic rings. The summed E-state index contributed by atoms with van der Waals surface area (Å²) in [5.74, 6) is 0.962. The summed E-state index contributed by atoms with van der Waals surface area (Å²) in [5, 5.41) is 17.2. The molecule has 0 aliphatic carbocycles. The fourth-order valence-electron chi connectivity index (χ4n) is 2.64. The second-order valence-electron chi connectivity index (χ2n) is 5.60. The number of hydrogen-bond acceptors (Lipinski definition) is 5. The Balaban J connectivity index is 1.55. The number of aryl methyl sites for hydroxylation is 1. The van der Waals surface area contributed by atoms with Crippen LogP contribution in [0, 0.1) is 18.3 Å². The van der Waals surface area contributed by atoms with E-state index < -0.39 is 0 Å². The molecule has 5 nitrogen and oxygen atoms in total. The minimum atomic E-state index is 0.714. The van der Waals surface area contributed by atoms with Gasteiger partial charge in [0.15, 0.2) is 5.82 Å². The van der Waals surface area contributed by atoms with Gasteiger partial charge in [-0.1, -0.05) is 12.1 Å². The summed E-state index contributed by atoms with van der Waals surface area (Å²) >= 11 is 0. The van der Waals surface area contributed by atoms with Gasteiger partial charge < -0.3 is 4.90 Å². The lowest BCUT2D eigenvalue weighted by atomic mass is 10.1. The first-order valence-electron chi connectivity index (χ1n) is 7.51. The van der Waals surface area contributed by atoms with Crippen molar-refractivity contribution in [3.05, 3.63) is 53.2 Å². The first-order chi connectivity index (χ1) is 10.7. The zero-order chi connectivity index (χ0) is 15.4. The van der Waals surface area contributed by atoms with Gasteiger partial charge >= 0.3 is 0 Å². The molecule has 112 valence electrons. The predicted octanol–water partition coefficient (Wildman–Crippen LogP) is 1.98. The lowest BCUT2D eigenvalue weighted by molar-refractivity contribution is 0.249. The van der Waals surface area contributed by atoms with Gasteiger partial charge in [0, 0.05) is 32.7 Å². The Labute approximate surface area is 130 Å². The summed E-state index contributed by atoms with van der Waals surface area (Å²) in [7, 11) is 0. The standard InChI is InChI=1S/C17H19N5/c1-14-2-7-17(20-19-14)22-10-8-21(9-11-22)13-16-5-3-15(12-18)4-6-16/h2-7H,8-11,13H2,1H3. The maximum Gasteiger partial charge on any atom is 0.151 e. The van der Waals surface area contributed by atoms with E-state index in [1.165, 1.54) is 5.56 Å². The molecular formula is C17H19N5. The molecule has 0 radical (unpaired) electrons. The molecule has 1 aliphatic heterocycles. The number of hydrogen-bond donors (Lipinski definition) is 0. The molecule has 0 saturated carbocycles. The van der Waals surface area contributed by atoms with Crippen LogP contribution >= 0.6 is 0 Å². The van der Waals surface area contributed by atoms with Crippen LogP contribution in [0.15, 0.2) is 36.4 Å². The van der Waals surface area contributed by atoms with Crippen molar-refractivity contribution in [2.24, 2.45) is 0 Å². The second kappa shape index (κ2) is 6.54. The Kier molecular flexibility index (Phi) is 4.31. The zero-order valence-corrected chi connectivity index (χ0v) is 12.7. The molecule has 22 heavy (non-hydrogen) atoms. The van der Waals surface area contributed by atoms with Gasteiger partial charge in [-0.15, -0.1) is 5.10 Å². The highest BCUT2D eigenvalue weighted by atomic mass is 15.3. The minimum Gasteiger partial charge on any atom is -0.353 e. The highest BCUT2D eigenvalue weighted by Crippen LogP contribution is 2.14. The summed E-state index contributed by atoms with van der Waals surface area (Å²) in [5.41, 5.74) is 2.91. The van der Waals surface area contributed by atoms with Crippen molar-refractivity contribution in [3.63, 3.8) is 0 Å². The Morgan fingerprint density at radius 3 is 2.32 bits per heavy atom. The highest BCUT2D eigenvalue weighted by Gasteiger charge is 2.18. The quantitative estimate of drug-likeness (QED) is 0.866. The van der Waals surface area contributed by atoms with Crippen LogP contribution < -0.4 is 4.90 Å². The second-order valence-corrected chi connectivity index (χ2v) is 5.60. The van der Waals surface area contributed by atoms with Crippen molar-refractivity contribution < 1.29 is 0 Å². The van der Waals surface area contributed by atoms with Gasteiger partial charge in [0.2, 0.25) is 0 Å². The maximum absolute atomic E-state index is 8.83. The average molecular weight is 293 g/mol. The summed E-state index contributed by atoms with van der Waals surface area (Å²) in [6, 6.07) is 14.0. The maximum atomic E-state index is 8.83. The fourth-order valence-corrected chi connectivity index (χ4v) is 2.64. The molecular weight excluding hydrogens is 274 g/mol. The molecule has 2 heterocycles. The van der Waals surface area contributed by atoms with Crippen LogP contribution in [0.3, 0.4) is 0 Å². The van der Waals surface area contributed by atoms with Gasteiger partial charge in [-0.05, 0) is 36.8 Å². The number of nitrogens with zero attached hydrogens (tertiary/aromatic N) is 5. The molecule has 0 unspecified atom stereocenters. The number of rotatable bonds is 3. The van der Waals surface area contributed by atoms with Crippen LogP contribution in [0.5, 0.6) is 0 Å². The van der Waals surface area contributed by atoms with Crippen LogP contribution in [0.4, 0.5) is 5.82 Å². The third-order valence-electron chi connectivity index (χ3n) is 3.97. The topological polar surface area (TPSA) is 56.0 Å². The molecule has 1 saturated heterocycles. The van der Waals surface area contributed by atoms with Gasteiger partial charge in [0.1, 0.15) is 0 Å². The molecule has 5 heteroatoms. The molecule has 0 spiro atoms. The van der Waals surface area contributed by atoms with E-state index in [2.05, 4.69) is 26.1 Å². The van der Waals surface area contributed by atoms with Crippen molar-refractivity contribution in [2.75, 3.05) is 31.1 Å². The molecule has 0 N–H and O–H groups in total. The number of benzene rings is 1. The molecule has 1 aromatic heterocycles. The van der Waals surface area contributed by atoms with E-state index >= 15 is 0 Å². The van der Waals surface area contributed by atoms with E-state index in [1.807, 2.05) is 43.3 Å². The average Bonchev–Trinajstić information content (AvgIpc) is 2.57. The number of piperazine rings is 1. The molecule has 1 aromatic carbocycles. The SMILES string of the molecule is Cc1ccc(N2CCN(Cc3ccc(C#N)cc3)CC2)nn1. The Morgan fingerprint density at radius 2 is 1.73 bits per heavy atom. The zero-order valence-electron chi connectivity index (χ0n) is 12.7. The van der Waals surface area contributed by atoms with Crippen molar-refractivity contribution >= 4 is 5.82 Å². The van der Waals surface area contributed by atoms with Crippen LogP contribution in [-0.2, 0) is 6.54 Å². The summed E-state index contributed by atoms with van der Waals surface area (Å²) in [4.78, 5) is 4.71. The lowest BCUT2D eigenvalue weighted by Gasteiger charge is -2.35. The van der Waals surface area contributed by atoms with Crippen LogP contribution in [-0.4, -0.2) is 41.3 Å². The third-order valence-corrected chi connectivity index (χ3v) is 3.97. The summed E-state index contributed by atoms with van der Waals surface area (Å²) < 4.78 is 0. The van der Waals surface area contributed by atoms with Crippen molar-refractivity contribution in [1.29, 1.82) is 5.26 Å². The Hall–Kier alpha value is -2.45. The van der Waals surface area contributed by atoms with Gasteiger partial charge in [0.05, 0.1) is 17.3 Å². The molecule has 1 aliphatic rings. The number of anilines is 1. The molecule has 1 fully saturated rings. The van der Waals surface area contributed by atoms with E-state index in [4.69, 9.17) is 5.26 Å². The third kappa shape index (κ3) is 3.41. The van der Waals surface area contributed by atoms with E-state index in [-0.39, 0.29) is 0 Å². The smallest absolute Gasteiger partial charge is 0.151 e. The van der Waals surface area contributed by atoms with Gasteiger partial charge in [-0.25, -0.2) is 0 Å². The van der Waals surface area contributed by atoms with Crippen LogP contribution in [0.2, 0.25) is 0 Å². The number of aromatic nitrogens is 2. The Bertz CT molecular complexity index is 649. The van der Waals surface area contributed by atoms with E-state index in [9.17, 15) is 0 Å². The number of nitriles is 1. The van der Waals surface area contributed by atoms with Crippen molar-refractivity contribution in [3.8, 4) is 6.07 Å². The molecule has 0 bridgehead atoms. The highest BCUT2D eigenvalue weighted by molar-refractivity contribution is 5.38. The lowest BCUT2D eigenvalue weighted by Crippen LogP contribution is -2.46. The first kappa shape index (κ1) is 14.5. The fraction of sp³-hybridized carbons (Fsp3) is 0.353. The molecule has 3 rings (SSSR count). The van der Waals surface area contributed by atoms with Gasteiger partial charge in [-0.3, -0.25) is 4.90 Å². The summed E-state index contributed by atoms with van der Waals surface area (Å²) in [6.45, 7) is 6.83. The first-order valence-corrected chi connectivity index (χ1v) is 7.51. The van der Waals surface area contributed by atoms with Crippen molar-refractivity contribution in [1.82, 2.24) is 15.1 Å². The molecule has 0 atom stereocenters. The van der Waals surface area contributed by atoms with Gasteiger partial charge in [0.25, 0.3) is 0 Å². The van der Waals surface area contributed by atoms with E-state index in [1.54, 1.807) is 0 Å². The summed E-state index contributed by atoms with van der Waals surface area (Å²) in [6.07, 6.45) is 0. The molecule has 0 amide bonds. The monoisotopic (exact) mass is 293 g/mol. The van der Waals surface area contributed by atoms with E-state index in [0.717, 1.165) is 44.2 Å². The Morgan fingerprint density at radius 1 is 1.00 bits per heavy atom. The van der Waals surface area contributed by atoms with Crippen molar-refractivity contribution in [2.45, 2.75) is 13.5 Å². The normalized spacial score (nSPS) is 15.5. The predicted molar refractivity (Wildman–Crippen MR) is 85.4 cm³/mol. The largest absolute Gasteiger partial charge is 0.353 e. The van der Waals surface area contributed by atoms with Gasteiger partial charge in [-0.2, -0.15) is 10.4 Å². The van der Waals surface area contributed by atoms with E-state index in [0.29, 0.717) is 5.56 Å². The van der Waals surface area contributed by atoms with Crippen LogP contribution in [0.1, 0.15) is 16.8 Å². The minimum absolute atomic E-state index is 0.714. The van der Waals surface area contributed by atoms with Crippen LogP contribution in [0.25, 0.3) is 0 Å².